The van der Waals surface area contributed by atoms with Gasteiger partial charge in [-0.15, -0.1) is 0 Å². The van der Waals surface area contributed by atoms with E-state index in [0.717, 1.165) is 92.0 Å². The molecule has 1 aromatic carbocycles. The fourth-order valence-corrected chi connectivity index (χ4v) is 3.22. The van der Waals surface area contributed by atoms with Gasteiger partial charge in [-0.05, 0) is 39.1 Å². The zero-order chi connectivity index (χ0) is 34.5. The summed E-state index contributed by atoms with van der Waals surface area (Å²) in [7, 11) is 2.48. The summed E-state index contributed by atoms with van der Waals surface area (Å²) < 4.78 is 34.3. The van der Waals surface area contributed by atoms with Gasteiger partial charge in [0.05, 0.1) is 0 Å². The zero-order valence-corrected chi connectivity index (χ0v) is 30.7. The fourth-order valence-electron chi connectivity index (χ4n) is 2.49. The molecule has 2 unspecified atom stereocenters. The van der Waals surface area contributed by atoms with Gasteiger partial charge in [-0.3, -0.25) is 24.7 Å². The lowest BCUT2D eigenvalue weighted by molar-refractivity contribution is 0.199. The van der Waals surface area contributed by atoms with Crippen molar-refractivity contribution in [1.29, 1.82) is 0 Å². The summed E-state index contributed by atoms with van der Waals surface area (Å²) >= 11 is 0. The van der Waals surface area contributed by atoms with Crippen LogP contribution in [0.15, 0.2) is 30.3 Å². The van der Waals surface area contributed by atoms with Crippen molar-refractivity contribution >= 4 is 20.3 Å². The summed E-state index contributed by atoms with van der Waals surface area (Å²) in [6.45, 7) is 17.1. The molecule has 1 saturated heterocycles. The minimum atomic E-state index is -3.15. The van der Waals surface area contributed by atoms with Crippen molar-refractivity contribution in [3.8, 4) is 0 Å². The summed E-state index contributed by atoms with van der Waals surface area (Å²) in [6.07, 6.45) is 2.24. The topological polar surface area (TPSA) is 192 Å². The first kappa shape index (κ1) is 50.1. The minimum Gasteiger partial charge on any atom is -0.385 e. The Labute approximate surface area is 268 Å². The lowest BCUT2D eigenvalue weighted by Gasteiger charge is -2.23. The van der Waals surface area contributed by atoms with Crippen LogP contribution in [-0.2, 0) is 23.1 Å². The maximum absolute atomic E-state index is 11.0. The quantitative estimate of drug-likeness (QED) is 0.103. The third kappa shape index (κ3) is 50.8. The number of hydrogen-bond donors (Lipinski definition) is 8. The number of nitrogens with one attached hydrogen (secondary N) is 5. The Kier molecular flexibility index (Phi) is 43.7. The Balaban J connectivity index is -0.000000225. The molecule has 0 aromatic heterocycles. The van der Waals surface area contributed by atoms with Crippen molar-refractivity contribution in [3.05, 3.63) is 30.3 Å². The van der Waals surface area contributed by atoms with Crippen molar-refractivity contribution in [1.82, 2.24) is 31.5 Å². The van der Waals surface area contributed by atoms with Crippen molar-refractivity contribution in [2.75, 3.05) is 121 Å². The Bertz CT molecular complexity index is 737. The monoisotopic (exact) mass is 675 g/mol. The van der Waals surface area contributed by atoms with Crippen molar-refractivity contribution in [3.63, 3.8) is 0 Å². The predicted molar refractivity (Wildman–Crippen MR) is 186 cm³/mol. The average molecular weight is 676 g/mol. The molecule has 1 aliphatic rings. The van der Waals surface area contributed by atoms with Crippen LogP contribution in [0.5, 0.6) is 0 Å². The molecule has 1 aromatic rings. The number of hydrogen-bond acceptors (Lipinski definition) is 12. The summed E-state index contributed by atoms with van der Waals surface area (Å²) in [5.41, 5.74) is 5.30. The van der Waals surface area contributed by atoms with Crippen LogP contribution in [0.3, 0.4) is 0 Å². The first-order valence-corrected chi connectivity index (χ1v) is 19.0. The van der Waals surface area contributed by atoms with Crippen LogP contribution in [0.4, 0.5) is 0 Å². The van der Waals surface area contributed by atoms with E-state index in [1.54, 1.807) is 38.5 Å². The Hall–Kier alpha value is -0.800. The molecule has 0 radical (unpaired) electrons. The number of ether oxygens (including phenoxy) is 2. The molecule has 9 N–H and O–H groups in total. The molecule has 2 atom stereocenters. The molecule has 14 nitrogen and oxygen atoms in total. The molecular formula is C28H67N7O7P2. The van der Waals surface area contributed by atoms with Gasteiger partial charge in [0.15, 0.2) is 0 Å². The number of benzene rings is 1. The van der Waals surface area contributed by atoms with E-state index in [0.29, 0.717) is 5.30 Å². The summed E-state index contributed by atoms with van der Waals surface area (Å²) in [6, 6.07) is 8.63. The van der Waals surface area contributed by atoms with E-state index in [4.69, 9.17) is 25.0 Å². The predicted octanol–water partition coefficient (Wildman–Crippen LogP) is 1.07. The second kappa shape index (κ2) is 38.4. The van der Waals surface area contributed by atoms with Gasteiger partial charge in [0.2, 0.25) is 7.37 Å². The largest absolute Gasteiger partial charge is 0.385 e. The number of methoxy groups -OCH3 is 2. The van der Waals surface area contributed by atoms with Gasteiger partial charge < -0.3 is 45.5 Å². The van der Waals surface area contributed by atoms with Gasteiger partial charge in [0.25, 0.3) is 0 Å². The van der Waals surface area contributed by atoms with Crippen LogP contribution in [0, 0.1) is 0 Å². The van der Waals surface area contributed by atoms with Crippen LogP contribution in [0.2, 0.25) is 0 Å². The second-order valence-corrected chi connectivity index (χ2v) is 13.7. The van der Waals surface area contributed by atoms with Crippen LogP contribution >= 0.6 is 15.0 Å². The lowest BCUT2D eigenvalue weighted by Crippen LogP contribution is -2.48. The minimum absolute atomic E-state index is 0.509. The summed E-state index contributed by atoms with van der Waals surface area (Å²) in [5, 5.41) is 16.4. The molecule has 1 heterocycles. The Morgan fingerprint density at radius 2 is 1.30 bits per heavy atom. The molecule has 16 heteroatoms. The third-order valence-corrected chi connectivity index (χ3v) is 6.69. The van der Waals surface area contributed by atoms with E-state index in [2.05, 4.69) is 56.9 Å². The van der Waals surface area contributed by atoms with Gasteiger partial charge in [-0.2, -0.15) is 0 Å². The van der Waals surface area contributed by atoms with E-state index in [1.165, 1.54) is 13.8 Å². The van der Waals surface area contributed by atoms with Crippen LogP contribution in [-0.4, -0.2) is 136 Å². The number of nitrogens with zero attached hydrogens (tertiary/aromatic N) is 1. The van der Waals surface area contributed by atoms with E-state index in [9.17, 15) is 9.13 Å². The number of nitrogens with two attached hydrogens (primary N) is 1. The number of rotatable bonds is 14. The van der Waals surface area contributed by atoms with Crippen molar-refractivity contribution in [2.24, 2.45) is 5.73 Å². The molecule has 0 spiro atoms. The zero-order valence-electron chi connectivity index (χ0n) is 28.9. The van der Waals surface area contributed by atoms with Gasteiger partial charge in [-0.1, -0.05) is 32.0 Å². The van der Waals surface area contributed by atoms with E-state index in [-0.39, 0.29) is 0 Å². The Morgan fingerprint density at radius 1 is 0.864 bits per heavy atom. The normalized spacial score (nSPS) is 14.9. The van der Waals surface area contributed by atoms with E-state index in [1.807, 2.05) is 13.1 Å². The Morgan fingerprint density at radius 3 is 1.55 bits per heavy atom. The molecule has 0 amide bonds. The van der Waals surface area contributed by atoms with Gasteiger partial charge in [-0.25, -0.2) is 0 Å². The maximum Gasteiger partial charge on any atom is 0.324 e. The first-order valence-electron chi connectivity index (χ1n) is 14.9. The maximum atomic E-state index is 11.0. The van der Waals surface area contributed by atoms with Crippen LogP contribution in [0.25, 0.3) is 0 Å². The summed E-state index contributed by atoms with van der Waals surface area (Å²) in [5.74, 6) is 0. The van der Waals surface area contributed by atoms with E-state index >= 15 is 0 Å². The molecule has 0 aliphatic carbocycles. The van der Waals surface area contributed by atoms with E-state index < -0.39 is 15.0 Å². The number of likely N-dealkylation sites (N-methyl/N-ethyl adjacent to an activating group) is 1. The van der Waals surface area contributed by atoms with Gasteiger partial charge in [0, 0.05) is 112 Å². The highest BCUT2D eigenvalue weighted by molar-refractivity contribution is 7.65. The molecule has 2 rings (SSSR count). The third-order valence-electron chi connectivity index (χ3n) is 4.76. The molecule has 44 heavy (non-hydrogen) atoms. The van der Waals surface area contributed by atoms with Gasteiger partial charge in [0.1, 0.15) is 0 Å². The highest BCUT2D eigenvalue weighted by atomic mass is 31.2. The molecule has 1 fully saturated rings. The smallest absolute Gasteiger partial charge is 0.324 e. The van der Waals surface area contributed by atoms with Crippen molar-refractivity contribution < 1.29 is 32.9 Å². The first-order chi connectivity index (χ1) is 20.8. The van der Waals surface area contributed by atoms with Gasteiger partial charge >= 0.3 is 7.60 Å². The summed E-state index contributed by atoms with van der Waals surface area (Å²) in [4.78, 5) is 19.4. The standard InChI is InChI=1S/C7H20N4.C7H9O2P.C4H11N3.2C4H10O.C2H7O3P/c1-9-4-5-11-7-6-10-3-2-8;1-10(8,9)7-5-3-2-4-6-7;1-7-3-5-2-6-4-7;2*1-3-4-5-2;1-5-6(2,3)4/h9-11H,2-8H2,1H3;2-6H,1H3,(H,8,9);5-6H,2-4H2,1H3;2*3-4H2,1-2H3;1-2H3,(H,3,4). The van der Waals surface area contributed by atoms with Crippen LogP contribution < -0.4 is 37.6 Å². The highest BCUT2D eigenvalue weighted by Gasteiger charge is 2.11. The second-order valence-electron chi connectivity index (χ2n) is 9.43. The fraction of sp³-hybridized carbons (Fsp3) is 0.786. The van der Waals surface area contributed by atoms with Crippen LogP contribution in [0.1, 0.15) is 26.7 Å². The molecule has 1 aliphatic heterocycles. The molecule has 0 bridgehead atoms. The van der Waals surface area contributed by atoms with Crippen molar-refractivity contribution in [2.45, 2.75) is 26.7 Å². The molecule has 266 valence electrons. The average Bonchev–Trinajstić information content (AvgIpc) is 2.99. The highest BCUT2D eigenvalue weighted by Crippen LogP contribution is 2.34. The SMILES string of the molecule is CCCOC.CCCOC.CN1CNCNC1.CNCCNCCNCCN.COP(C)(=O)O.CP(=O)(O)c1ccccc1. The lowest BCUT2D eigenvalue weighted by atomic mass is 10.4. The molecule has 0 saturated carbocycles. The molecular weight excluding hydrogens is 608 g/mol.